The van der Waals surface area contributed by atoms with E-state index in [-0.39, 0.29) is 11.7 Å². The second-order valence-corrected chi connectivity index (χ2v) is 4.60. The summed E-state index contributed by atoms with van der Waals surface area (Å²) in [6.45, 7) is 5.13. The Balaban J connectivity index is 2.02. The Kier molecular flexibility index (Phi) is 4.69. The van der Waals surface area contributed by atoms with Crippen molar-refractivity contribution in [3.05, 3.63) is 48.0 Å². The fraction of sp³-hybridized carbons (Fsp3) is 0.375. The molecule has 1 aliphatic heterocycles. The van der Waals surface area contributed by atoms with Gasteiger partial charge in [-0.05, 0) is 26.0 Å². The Labute approximate surface area is 119 Å². The third-order valence-electron chi connectivity index (χ3n) is 3.39. The molecule has 0 saturated heterocycles. The molecule has 0 fully saturated rings. The van der Waals surface area contributed by atoms with Crippen LogP contribution >= 0.6 is 0 Å². The fourth-order valence-corrected chi connectivity index (χ4v) is 2.22. The van der Waals surface area contributed by atoms with Crippen LogP contribution < -0.4 is 0 Å². The molecule has 4 nitrogen and oxygen atoms in total. The van der Waals surface area contributed by atoms with Crippen LogP contribution in [0.3, 0.4) is 0 Å². The summed E-state index contributed by atoms with van der Waals surface area (Å²) < 4.78 is 5.57. The van der Waals surface area contributed by atoms with E-state index in [1.165, 1.54) is 0 Å². The summed E-state index contributed by atoms with van der Waals surface area (Å²) in [5.41, 5.74) is 0.595. The van der Waals surface area contributed by atoms with E-state index in [1.54, 1.807) is 29.2 Å². The minimum Gasteiger partial charge on any atom is -0.349 e. The molecule has 1 amide bonds. The number of hydrogen-bond donors (Lipinski definition) is 0. The second-order valence-electron chi connectivity index (χ2n) is 4.60. The molecule has 1 aromatic carbocycles. The van der Waals surface area contributed by atoms with Crippen LogP contribution in [0, 0.1) is 0 Å². The van der Waals surface area contributed by atoms with Crippen molar-refractivity contribution in [3.63, 3.8) is 0 Å². The van der Waals surface area contributed by atoms with Crippen LogP contribution in [0.2, 0.25) is 0 Å². The summed E-state index contributed by atoms with van der Waals surface area (Å²) in [7, 11) is 0. The molecule has 0 aliphatic carbocycles. The zero-order valence-electron chi connectivity index (χ0n) is 11.8. The van der Waals surface area contributed by atoms with Crippen LogP contribution in [0.4, 0.5) is 0 Å². The van der Waals surface area contributed by atoms with E-state index >= 15 is 0 Å². The molecule has 1 aliphatic rings. The molecule has 106 valence electrons. The van der Waals surface area contributed by atoms with E-state index in [0.717, 1.165) is 0 Å². The zero-order chi connectivity index (χ0) is 14.5. The quantitative estimate of drug-likeness (QED) is 0.609. The number of hydrogen-bond acceptors (Lipinski definition) is 3. The van der Waals surface area contributed by atoms with E-state index in [2.05, 4.69) is 0 Å². The number of ketones is 1. The Morgan fingerprint density at radius 1 is 1.05 bits per heavy atom. The van der Waals surface area contributed by atoms with Gasteiger partial charge in [-0.15, -0.1) is 0 Å². The van der Waals surface area contributed by atoms with Gasteiger partial charge in [-0.3, -0.25) is 9.59 Å². The van der Waals surface area contributed by atoms with Gasteiger partial charge < -0.3 is 9.64 Å². The average molecular weight is 273 g/mol. The van der Waals surface area contributed by atoms with Crippen LogP contribution in [0.15, 0.2) is 42.5 Å². The highest BCUT2D eigenvalue weighted by atomic mass is 16.5. The molecule has 2 unspecified atom stereocenters. The van der Waals surface area contributed by atoms with Gasteiger partial charge >= 0.3 is 0 Å². The first-order valence-electron chi connectivity index (χ1n) is 6.89. The molecule has 1 heterocycles. The van der Waals surface area contributed by atoms with Crippen molar-refractivity contribution < 1.29 is 14.3 Å². The van der Waals surface area contributed by atoms with Crippen LogP contribution in [0.25, 0.3) is 0 Å². The molecular weight excluding hydrogens is 254 g/mol. The first kappa shape index (κ1) is 14.5. The molecule has 2 rings (SSSR count). The second kappa shape index (κ2) is 6.48. The van der Waals surface area contributed by atoms with Gasteiger partial charge in [-0.25, -0.2) is 0 Å². The Hall–Kier alpha value is -1.94. The molecule has 0 N–H and O–H groups in total. The van der Waals surface area contributed by atoms with Gasteiger partial charge in [0.2, 0.25) is 0 Å². The summed E-state index contributed by atoms with van der Waals surface area (Å²) in [5, 5.41) is 0. The van der Waals surface area contributed by atoms with E-state index in [4.69, 9.17) is 4.74 Å². The highest BCUT2D eigenvalue weighted by Gasteiger charge is 2.31. The molecule has 0 spiro atoms. The standard InChI is InChI=1S/C16H19NO3/c1-3-17(4-2)16(19)14-11-10-13(20-14)15(18)12-8-6-5-7-9-12/h5-11,13-14H,3-4H2,1-2H3. The van der Waals surface area contributed by atoms with Crippen LogP contribution in [-0.4, -0.2) is 41.9 Å². The molecule has 0 radical (unpaired) electrons. The highest BCUT2D eigenvalue weighted by molar-refractivity contribution is 6.01. The van der Waals surface area contributed by atoms with Gasteiger partial charge in [0.25, 0.3) is 5.91 Å². The predicted molar refractivity (Wildman–Crippen MR) is 76.5 cm³/mol. The van der Waals surface area contributed by atoms with Gasteiger partial charge in [-0.1, -0.05) is 30.3 Å². The lowest BCUT2D eigenvalue weighted by Crippen LogP contribution is -2.39. The van der Waals surface area contributed by atoms with Crippen molar-refractivity contribution in [2.75, 3.05) is 13.1 Å². The number of benzene rings is 1. The molecule has 20 heavy (non-hydrogen) atoms. The maximum absolute atomic E-state index is 12.2. The number of carbonyl (C=O) groups excluding carboxylic acids is 2. The first-order valence-corrected chi connectivity index (χ1v) is 6.89. The average Bonchev–Trinajstić information content (AvgIpc) is 2.98. The lowest BCUT2D eigenvalue weighted by Gasteiger charge is -2.22. The van der Waals surface area contributed by atoms with Crippen LogP contribution in [0.5, 0.6) is 0 Å². The first-order chi connectivity index (χ1) is 9.67. The molecule has 2 atom stereocenters. The van der Waals surface area contributed by atoms with Gasteiger partial charge in [0.15, 0.2) is 11.9 Å². The van der Waals surface area contributed by atoms with Crippen molar-refractivity contribution in [2.24, 2.45) is 0 Å². The monoisotopic (exact) mass is 273 g/mol. The van der Waals surface area contributed by atoms with E-state index in [0.29, 0.717) is 18.7 Å². The molecular formula is C16H19NO3. The number of Topliss-reactive ketones (excluding diaryl/α,β-unsaturated/α-hetero) is 1. The third kappa shape index (κ3) is 2.96. The molecule has 0 saturated carbocycles. The third-order valence-corrected chi connectivity index (χ3v) is 3.39. The fourth-order valence-electron chi connectivity index (χ4n) is 2.22. The van der Waals surface area contributed by atoms with Crippen molar-refractivity contribution in [1.29, 1.82) is 0 Å². The topological polar surface area (TPSA) is 46.6 Å². The molecule has 4 heteroatoms. The lowest BCUT2D eigenvalue weighted by molar-refractivity contribution is -0.140. The summed E-state index contributed by atoms with van der Waals surface area (Å²) in [6.07, 6.45) is 2.03. The summed E-state index contributed by atoms with van der Waals surface area (Å²) in [4.78, 5) is 26.1. The van der Waals surface area contributed by atoms with Crippen LogP contribution in [-0.2, 0) is 9.53 Å². The zero-order valence-corrected chi connectivity index (χ0v) is 11.8. The molecule has 1 aromatic rings. The Bertz CT molecular complexity index is 506. The summed E-state index contributed by atoms with van der Waals surface area (Å²) in [5.74, 6) is -0.202. The lowest BCUT2D eigenvalue weighted by atomic mass is 10.1. The van der Waals surface area contributed by atoms with E-state index in [9.17, 15) is 9.59 Å². The summed E-state index contributed by atoms with van der Waals surface area (Å²) >= 11 is 0. The number of rotatable bonds is 5. The predicted octanol–water partition coefficient (Wildman–Crippen LogP) is 2.06. The van der Waals surface area contributed by atoms with Crippen molar-refractivity contribution in [3.8, 4) is 0 Å². The smallest absolute Gasteiger partial charge is 0.255 e. The maximum Gasteiger partial charge on any atom is 0.255 e. The van der Waals surface area contributed by atoms with Gasteiger partial charge in [0.1, 0.15) is 6.10 Å². The largest absolute Gasteiger partial charge is 0.349 e. The van der Waals surface area contributed by atoms with Crippen molar-refractivity contribution in [2.45, 2.75) is 26.1 Å². The van der Waals surface area contributed by atoms with Crippen LogP contribution in [0.1, 0.15) is 24.2 Å². The highest BCUT2D eigenvalue weighted by Crippen LogP contribution is 2.18. The Morgan fingerprint density at radius 3 is 2.25 bits per heavy atom. The number of ether oxygens (including phenoxy) is 1. The number of carbonyl (C=O) groups is 2. The van der Waals surface area contributed by atoms with Gasteiger partial charge in [-0.2, -0.15) is 0 Å². The minimum atomic E-state index is -0.665. The molecule has 0 bridgehead atoms. The summed E-state index contributed by atoms with van der Waals surface area (Å²) in [6, 6.07) is 8.97. The van der Waals surface area contributed by atoms with E-state index < -0.39 is 12.2 Å². The molecule has 0 aromatic heterocycles. The van der Waals surface area contributed by atoms with Crippen molar-refractivity contribution >= 4 is 11.7 Å². The van der Waals surface area contributed by atoms with Crippen molar-refractivity contribution in [1.82, 2.24) is 4.90 Å². The van der Waals surface area contributed by atoms with Gasteiger partial charge in [0.05, 0.1) is 0 Å². The van der Waals surface area contributed by atoms with Gasteiger partial charge in [0, 0.05) is 18.7 Å². The SMILES string of the molecule is CCN(CC)C(=O)C1C=CC(C(=O)c2ccccc2)O1. The normalized spacial score (nSPS) is 20.9. The van der Waals surface area contributed by atoms with E-state index in [1.807, 2.05) is 32.0 Å². The number of likely N-dealkylation sites (N-methyl/N-ethyl adjacent to an activating group) is 1. The number of amides is 1. The number of nitrogens with zero attached hydrogens (tertiary/aromatic N) is 1. The maximum atomic E-state index is 12.2. The Morgan fingerprint density at radius 2 is 1.65 bits per heavy atom. The minimum absolute atomic E-state index is 0.0883.